The van der Waals surface area contributed by atoms with Gasteiger partial charge in [-0.15, -0.1) is 0 Å². The Morgan fingerprint density at radius 3 is 2.73 bits per heavy atom. The van der Waals surface area contributed by atoms with Gasteiger partial charge in [0.2, 0.25) is 0 Å². The molecule has 0 aliphatic heterocycles. The number of benzene rings is 1. The first-order valence-corrected chi connectivity index (χ1v) is 5.20. The molecule has 3 nitrogen and oxygen atoms in total. The summed E-state index contributed by atoms with van der Waals surface area (Å²) in [5.74, 6) is 0.171. The van der Waals surface area contributed by atoms with Crippen LogP contribution in [-0.2, 0) is 0 Å². The molecule has 0 aliphatic rings. The van der Waals surface area contributed by atoms with E-state index in [2.05, 4.69) is 12.1 Å². The highest BCUT2D eigenvalue weighted by atomic mass is 16.4. The molecule has 0 bridgehead atoms. The fourth-order valence-corrected chi connectivity index (χ4v) is 1.46. The SMILES string of the molecule is CCCC/C(=N/O)c1cc(C)ccc1O. The standard InChI is InChI=1S/C12H17NO2/c1-3-4-5-11(13-15)10-8-9(2)6-7-12(10)14/h6-8,14-15H,3-5H2,1-2H3/b13-11-. The number of rotatable bonds is 4. The maximum Gasteiger partial charge on any atom is 0.124 e. The minimum absolute atomic E-state index is 0.171. The Morgan fingerprint density at radius 2 is 2.13 bits per heavy atom. The van der Waals surface area contributed by atoms with Gasteiger partial charge in [0, 0.05) is 5.56 Å². The second kappa shape index (κ2) is 5.39. The normalized spacial score (nSPS) is 11.7. The van der Waals surface area contributed by atoms with Gasteiger partial charge < -0.3 is 10.3 Å². The lowest BCUT2D eigenvalue weighted by molar-refractivity contribution is 0.317. The van der Waals surface area contributed by atoms with E-state index in [1.54, 1.807) is 6.07 Å². The lowest BCUT2D eigenvalue weighted by Crippen LogP contribution is -2.01. The molecule has 0 fully saturated rings. The maximum absolute atomic E-state index is 9.64. The average molecular weight is 207 g/mol. The van der Waals surface area contributed by atoms with Gasteiger partial charge in [0.1, 0.15) is 5.75 Å². The van der Waals surface area contributed by atoms with Crippen molar-refractivity contribution in [3.8, 4) is 5.75 Å². The van der Waals surface area contributed by atoms with Crippen molar-refractivity contribution < 1.29 is 10.3 Å². The van der Waals surface area contributed by atoms with E-state index in [-0.39, 0.29) is 5.75 Å². The third-order valence-corrected chi connectivity index (χ3v) is 2.35. The number of hydrogen-bond donors (Lipinski definition) is 2. The monoisotopic (exact) mass is 207 g/mol. The zero-order chi connectivity index (χ0) is 11.3. The van der Waals surface area contributed by atoms with Gasteiger partial charge in [-0.2, -0.15) is 0 Å². The summed E-state index contributed by atoms with van der Waals surface area (Å²) in [4.78, 5) is 0. The molecule has 0 amide bonds. The highest BCUT2D eigenvalue weighted by Gasteiger charge is 2.09. The number of nitrogens with zero attached hydrogens (tertiary/aromatic N) is 1. The highest BCUT2D eigenvalue weighted by molar-refractivity contribution is 6.02. The number of phenols is 1. The summed E-state index contributed by atoms with van der Waals surface area (Å²) in [6.07, 6.45) is 2.67. The number of aryl methyl sites for hydroxylation is 1. The summed E-state index contributed by atoms with van der Waals surface area (Å²) < 4.78 is 0. The van der Waals surface area contributed by atoms with E-state index in [9.17, 15) is 5.11 Å². The maximum atomic E-state index is 9.64. The zero-order valence-electron chi connectivity index (χ0n) is 9.20. The number of hydrogen-bond acceptors (Lipinski definition) is 3. The molecule has 0 aliphatic carbocycles. The molecule has 2 N–H and O–H groups in total. The largest absolute Gasteiger partial charge is 0.507 e. The Kier molecular flexibility index (Phi) is 4.16. The number of aromatic hydroxyl groups is 1. The third kappa shape index (κ3) is 2.98. The summed E-state index contributed by atoms with van der Waals surface area (Å²) in [6.45, 7) is 4.02. The van der Waals surface area contributed by atoms with Gasteiger partial charge in [-0.05, 0) is 31.9 Å². The molecule has 0 aromatic heterocycles. The molecule has 0 spiro atoms. The van der Waals surface area contributed by atoms with Crippen LogP contribution in [0, 0.1) is 6.92 Å². The minimum Gasteiger partial charge on any atom is -0.507 e. The van der Waals surface area contributed by atoms with E-state index in [4.69, 9.17) is 5.21 Å². The summed E-state index contributed by atoms with van der Waals surface area (Å²) in [5, 5.41) is 21.8. The zero-order valence-corrected chi connectivity index (χ0v) is 9.20. The predicted molar refractivity (Wildman–Crippen MR) is 60.7 cm³/mol. The molecule has 1 aromatic rings. The van der Waals surface area contributed by atoms with Crippen LogP contribution in [0.3, 0.4) is 0 Å². The average Bonchev–Trinajstić information content (AvgIpc) is 2.24. The first-order chi connectivity index (χ1) is 7.19. The van der Waals surface area contributed by atoms with E-state index in [1.165, 1.54) is 0 Å². The Hall–Kier alpha value is -1.51. The van der Waals surface area contributed by atoms with E-state index in [0.717, 1.165) is 18.4 Å². The molecule has 0 unspecified atom stereocenters. The molecule has 0 radical (unpaired) electrons. The van der Waals surface area contributed by atoms with Crippen LogP contribution in [-0.4, -0.2) is 16.0 Å². The smallest absolute Gasteiger partial charge is 0.124 e. The molecular weight excluding hydrogens is 190 g/mol. The van der Waals surface area contributed by atoms with Gasteiger partial charge in [0.25, 0.3) is 0 Å². The Morgan fingerprint density at radius 1 is 1.40 bits per heavy atom. The van der Waals surface area contributed by atoms with Crippen LogP contribution in [0.4, 0.5) is 0 Å². The van der Waals surface area contributed by atoms with Crippen LogP contribution >= 0.6 is 0 Å². The van der Waals surface area contributed by atoms with Crippen molar-refractivity contribution >= 4 is 5.71 Å². The molecule has 1 rings (SSSR count). The van der Waals surface area contributed by atoms with Crippen LogP contribution in [0.2, 0.25) is 0 Å². The molecule has 1 aromatic carbocycles. The van der Waals surface area contributed by atoms with Gasteiger partial charge >= 0.3 is 0 Å². The Bertz CT molecular complexity index is 359. The van der Waals surface area contributed by atoms with Crippen molar-refractivity contribution in [1.29, 1.82) is 0 Å². The lowest BCUT2D eigenvalue weighted by atomic mass is 10.0. The molecule has 3 heteroatoms. The highest BCUT2D eigenvalue weighted by Crippen LogP contribution is 2.21. The summed E-state index contributed by atoms with van der Waals surface area (Å²) in [5.41, 5.74) is 2.23. The molecule has 82 valence electrons. The van der Waals surface area contributed by atoms with Gasteiger partial charge in [-0.25, -0.2) is 0 Å². The number of phenolic OH excluding ortho intramolecular Hbond substituents is 1. The Labute approximate surface area is 90.1 Å². The van der Waals surface area contributed by atoms with E-state index in [1.807, 2.05) is 19.1 Å². The molecule has 0 saturated carbocycles. The summed E-state index contributed by atoms with van der Waals surface area (Å²) in [7, 11) is 0. The van der Waals surface area contributed by atoms with Crippen LogP contribution in [0.15, 0.2) is 23.4 Å². The van der Waals surface area contributed by atoms with E-state index >= 15 is 0 Å². The quantitative estimate of drug-likeness (QED) is 0.453. The third-order valence-electron chi connectivity index (χ3n) is 2.35. The van der Waals surface area contributed by atoms with Gasteiger partial charge in [0.15, 0.2) is 0 Å². The van der Waals surface area contributed by atoms with E-state index in [0.29, 0.717) is 17.7 Å². The van der Waals surface area contributed by atoms with E-state index < -0.39 is 0 Å². The Balaban J connectivity index is 2.96. The summed E-state index contributed by atoms with van der Waals surface area (Å²) >= 11 is 0. The number of unbranched alkanes of at least 4 members (excludes halogenated alkanes) is 1. The molecular formula is C12H17NO2. The first-order valence-electron chi connectivity index (χ1n) is 5.20. The van der Waals surface area contributed by atoms with Crippen molar-refractivity contribution in [3.63, 3.8) is 0 Å². The fourth-order valence-electron chi connectivity index (χ4n) is 1.46. The van der Waals surface area contributed by atoms with Gasteiger partial charge in [0.05, 0.1) is 5.71 Å². The minimum atomic E-state index is 0.171. The predicted octanol–water partition coefficient (Wildman–Crippen LogP) is 3.07. The van der Waals surface area contributed by atoms with Crippen LogP contribution in [0.25, 0.3) is 0 Å². The molecule has 0 saturated heterocycles. The lowest BCUT2D eigenvalue weighted by Gasteiger charge is -2.07. The summed E-state index contributed by atoms with van der Waals surface area (Å²) in [6, 6.07) is 5.29. The second-order valence-electron chi connectivity index (χ2n) is 3.67. The van der Waals surface area contributed by atoms with Crippen LogP contribution < -0.4 is 0 Å². The van der Waals surface area contributed by atoms with Crippen LogP contribution in [0.5, 0.6) is 5.75 Å². The first kappa shape index (κ1) is 11.6. The second-order valence-corrected chi connectivity index (χ2v) is 3.67. The van der Waals surface area contributed by atoms with Gasteiger partial charge in [-0.1, -0.05) is 30.1 Å². The van der Waals surface area contributed by atoms with Crippen molar-refractivity contribution in [3.05, 3.63) is 29.3 Å². The van der Waals surface area contributed by atoms with Gasteiger partial charge in [-0.3, -0.25) is 0 Å². The van der Waals surface area contributed by atoms with Crippen LogP contribution in [0.1, 0.15) is 37.3 Å². The topological polar surface area (TPSA) is 52.8 Å². The van der Waals surface area contributed by atoms with Crippen molar-refractivity contribution in [2.45, 2.75) is 33.1 Å². The van der Waals surface area contributed by atoms with Crippen molar-refractivity contribution in [1.82, 2.24) is 0 Å². The van der Waals surface area contributed by atoms with Crippen molar-refractivity contribution in [2.24, 2.45) is 5.16 Å². The molecule has 15 heavy (non-hydrogen) atoms. The fraction of sp³-hybridized carbons (Fsp3) is 0.417. The van der Waals surface area contributed by atoms with Crippen molar-refractivity contribution in [2.75, 3.05) is 0 Å². The molecule has 0 atom stereocenters. The molecule has 0 heterocycles. The number of oxime groups is 1.